The summed E-state index contributed by atoms with van der Waals surface area (Å²) < 4.78 is 4.44. The monoisotopic (exact) mass is 399 g/mol. The van der Waals surface area contributed by atoms with Crippen molar-refractivity contribution in [3.63, 3.8) is 0 Å². The molecule has 0 aliphatic rings. The number of hydrogen-bond acceptors (Lipinski definition) is 2. The van der Waals surface area contributed by atoms with Crippen LogP contribution in [-0.2, 0) is 13.0 Å². The second-order valence-electron chi connectivity index (χ2n) is 4.75. The van der Waals surface area contributed by atoms with Crippen molar-refractivity contribution < 1.29 is 0 Å². The fraction of sp³-hybridized carbons (Fsp3) is 0.400. The Kier molecular flexibility index (Phi) is 5.81. The highest BCUT2D eigenvalue weighted by atomic mass is 79.9. The molecule has 3 nitrogen and oxygen atoms in total. The maximum Gasteiger partial charge on any atom is 0.110 e. The Labute approximate surface area is 137 Å². The Morgan fingerprint density at radius 1 is 1.35 bits per heavy atom. The number of aryl methyl sites for hydroxylation is 1. The number of benzene rings is 1. The zero-order chi connectivity index (χ0) is 14.5. The molecule has 1 N–H and O–H groups in total. The average molecular weight is 401 g/mol. The van der Waals surface area contributed by atoms with Crippen molar-refractivity contribution in [2.45, 2.75) is 32.4 Å². The molecule has 0 bridgehead atoms. The van der Waals surface area contributed by atoms with Crippen LogP contribution in [0.4, 0.5) is 0 Å². The van der Waals surface area contributed by atoms with Gasteiger partial charge in [-0.05, 0) is 37.2 Å². The largest absolute Gasteiger partial charge is 0.335 e. The van der Waals surface area contributed by atoms with Crippen LogP contribution in [0.2, 0.25) is 0 Å². The fourth-order valence-corrected chi connectivity index (χ4v) is 3.21. The molecule has 1 aromatic heterocycles. The van der Waals surface area contributed by atoms with Gasteiger partial charge < -0.3 is 9.88 Å². The van der Waals surface area contributed by atoms with E-state index in [1.54, 1.807) is 0 Å². The number of aromatic nitrogens is 2. The summed E-state index contributed by atoms with van der Waals surface area (Å²) in [4.78, 5) is 4.50. The highest BCUT2D eigenvalue weighted by molar-refractivity contribution is 9.11. The molecule has 108 valence electrons. The minimum atomic E-state index is 0.236. The van der Waals surface area contributed by atoms with Gasteiger partial charge in [0.1, 0.15) is 5.82 Å². The third-order valence-electron chi connectivity index (χ3n) is 3.33. The minimum Gasteiger partial charge on any atom is -0.335 e. The quantitative estimate of drug-likeness (QED) is 0.782. The first-order valence-corrected chi connectivity index (χ1v) is 8.36. The van der Waals surface area contributed by atoms with Crippen molar-refractivity contribution in [2.24, 2.45) is 0 Å². The van der Waals surface area contributed by atoms with E-state index in [0.717, 1.165) is 34.2 Å². The molecule has 2 rings (SSSR count). The predicted molar refractivity (Wildman–Crippen MR) is 89.9 cm³/mol. The van der Waals surface area contributed by atoms with Gasteiger partial charge in [0.15, 0.2) is 0 Å². The summed E-state index contributed by atoms with van der Waals surface area (Å²) >= 11 is 7.18. The standard InChI is InChI=1S/C15H19Br2N3/c1-3-7-20-8-6-19-15(20)10-14(18-2)12-9-11(16)4-5-13(12)17/h4-6,8-9,14,18H,3,7,10H2,1-2H3. The van der Waals surface area contributed by atoms with Gasteiger partial charge in [-0.25, -0.2) is 4.98 Å². The summed E-state index contributed by atoms with van der Waals surface area (Å²) in [6.07, 6.45) is 5.93. The van der Waals surface area contributed by atoms with Gasteiger partial charge in [-0.2, -0.15) is 0 Å². The number of nitrogens with one attached hydrogen (secondary N) is 1. The van der Waals surface area contributed by atoms with Gasteiger partial charge in [0.05, 0.1) is 0 Å². The van der Waals surface area contributed by atoms with Crippen LogP contribution in [-0.4, -0.2) is 16.6 Å². The second-order valence-corrected chi connectivity index (χ2v) is 6.52. The molecule has 1 atom stereocenters. The molecule has 0 fully saturated rings. The molecular weight excluding hydrogens is 382 g/mol. The molecule has 20 heavy (non-hydrogen) atoms. The minimum absolute atomic E-state index is 0.236. The van der Waals surface area contributed by atoms with Gasteiger partial charge in [0.2, 0.25) is 0 Å². The summed E-state index contributed by atoms with van der Waals surface area (Å²) in [5.74, 6) is 1.12. The topological polar surface area (TPSA) is 29.9 Å². The van der Waals surface area contributed by atoms with Crippen LogP contribution in [0.3, 0.4) is 0 Å². The molecular formula is C15H19Br2N3. The van der Waals surface area contributed by atoms with E-state index >= 15 is 0 Å². The molecule has 5 heteroatoms. The number of nitrogens with zero attached hydrogens (tertiary/aromatic N) is 2. The van der Waals surface area contributed by atoms with E-state index in [4.69, 9.17) is 0 Å². The maximum atomic E-state index is 4.50. The van der Waals surface area contributed by atoms with Crippen LogP contribution in [0.25, 0.3) is 0 Å². The molecule has 1 heterocycles. The summed E-state index contributed by atoms with van der Waals surface area (Å²) in [6, 6.07) is 6.50. The second kappa shape index (κ2) is 7.38. The zero-order valence-electron chi connectivity index (χ0n) is 11.7. The molecule has 0 aliphatic heterocycles. The zero-order valence-corrected chi connectivity index (χ0v) is 14.9. The molecule has 0 radical (unpaired) electrons. The summed E-state index contributed by atoms with van der Waals surface area (Å²) in [6.45, 7) is 3.20. The normalized spacial score (nSPS) is 12.6. The van der Waals surface area contributed by atoms with E-state index in [1.807, 2.05) is 19.3 Å². The maximum absolute atomic E-state index is 4.50. The van der Waals surface area contributed by atoms with Gasteiger partial charge in [0.25, 0.3) is 0 Å². The van der Waals surface area contributed by atoms with Gasteiger partial charge in [0, 0.05) is 40.3 Å². The van der Waals surface area contributed by atoms with Crippen molar-refractivity contribution in [3.05, 3.63) is 50.9 Å². The first kappa shape index (κ1) is 15.7. The van der Waals surface area contributed by atoms with Crippen LogP contribution in [0.5, 0.6) is 0 Å². The molecule has 2 aromatic rings. The number of likely N-dealkylation sites (N-methyl/N-ethyl adjacent to an activating group) is 1. The smallest absolute Gasteiger partial charge is 0.110 e. The Bertz CT molecular complexity index is 566. The molecule has 0 saturated heterocycles. The van der Waals surface area contributed by atoms with E-state index in [0.29, 0.717) is 0 Å². The van der Waals surface area contributed by atoms with Crippen LogP contribution < -0.4 is 5.32 Å². The van der Waals surface area contributed by atoms with Crippen molar-refractivity contribution in [1.29, 1.82) is 0 Å². The van der Waals surface area contributed by atoms with Crippen molar-refractivity contribution in [3.8, 4) is 0 Å². The lowest BCUT2D eigenvalue weighted by Gasteiger charge is -2.19. The van der Waals surface area contributed by atoms with Gasteiger partial charge in [-0.3, -0.25) is 0 Å². The molecule has 0 spiro atoms. The number of hydrogen-bond donors (Lipinski definition) is 1. The van der Waals surface area contributed by atoms with Crippen molar-refractivity contribution in [1.82, 2.24) is 14.9 Å². The van der Waals surface area contributed by atoms with E-state index in [1.165, 1.54) is 5.56 Å². The number of rotatable bonds is 6. The molecule has 0 aliphatic carbocycles. The number of imidazole rings is 1. The Balaban J connectivity index is 2.24. The first-order valence-electron chi connectivity index (χ1n) is 6.78. The van der Waals surface area contributed by atoms with E-state index < -0.39 is 0 Å². The summed E-state index contributed by atoms with van der Waals surface area (Å²) in [5, 5.41) is 3.39. The lowest BCUT2D eigenvalue weighted by atomic mass is 10.0. The average Bonchev–Trinajstić information content (AvgIpc) is 2.87. The molecule has 0 saturated carbocycles. The van der Waals surface area contributed by atoms with E-state index in [2.05, 4.69) is 72.0 Å². The Morgan fingerprint density at radius 2 is 2.15 bits per heavy atom. The number of halogens is 2. The van der Waals surface area contributed by atoms with Crippen LogP contribution in [0, 0.1) is 0 Å². The predicted octanol–water partition coefficient (Wildman–Crippen LogP) is 4.32. The van der Waals surface area contributed by atoms with Gasteiger partial charge in [-0.1, -0.05) is 38.8 Å². The summed E-state index contributed by atoms with van der Waals surface area (Å²) in [7, 11) is 1.99. The van der Waals surface area contributed by atoms with E-state index in [9.17, 15) is 0 Å². The van der Waals surface area contributed by atoms with Crippen molar-refractivity contribution >= 4 is 31.9 Å². The molecule has 1 unspecified atom stereocenters. The first-order chi connectivity index (χ1) is 9.65. The van der Waals surface area contributed by atoms with Crippen LogP contribution in [0.15, 0.2) is 39.5 Å². The van der Waals surface area contributed by atoms with Gasteiger partial charge >= 0.3 is 0 Å². The SMILES string of the molecule is CCCn1ccnc1CC(NC)c1cc(Br)ccc1Br. The van der Waals surface area contributed by atoms with Gasteiger partial charge in [-0.15, -0.1) is 0 Å². The van der Waals surface area contributed by atoms with E-state index in [-0.39, 0.29) is 6.04 Å². The molecule has 1 aromatic carbocycles. The van der Waals surface area contributed by atoms with Crippen molar-refractivity contribution in [2.75, 3.05) is 7.05 Å². The Morgan fingerprint density at radius 3 is 2.85 bits per heavy atom. The van der Waals surface area contributed by atoms with Crippen LogP contribution in [0.1, 0.15) is 30.8 Å². The Hall–Kier alpha value is -0.650. The van der Waals surface area contributed by atoms with Crippen LogP contribution >= 0.6 is 31.9 Å². The highest BCUT2D eigenvalue weighted by Gasteiger charge is 2.16. The lowest BCUT2D eigenvalue weighted by Crippen LogP contribution is -2.21. The third-order valence-corrected chi connectivity index (χ3v) is 4.55. The highest BCUT2D eigenvalue weighted by Crippen LogP contribution is 2.28. The third kappa shape index (κ3) is 3.71. The lowest BCUT2D eigenvalue weighted by molar-refractivity contribution is 0.541. The fourth-order valence-electron chi connectivity index (χ4n) is 2.31. The summed E-state index contributed by atoms with van der Waals surface area (Å²) in [5.41, 5.74) is 1.24. The molecule has 0 amide bonds.